The Bertz CT molecular complexity index is 646. The molecule has 1 fully saturated rings. The quantitative estimate of drug-likeness (QED) is 0.853. The summed E-state index contributed by atoms with van der Waals surface area (Å²) in [4.78, 5) is 13.8. The zero-order chi connectivity index (χ0) is 15.6. The number of carbonyl (C=O) groups is 1. The number of sulfone groups is 1. The minimum atomic E-state index is -3.14. The highest BCUT2D eigenvalue weighted by Crippen LogP contribution is 2.21. The van der Waals surface area contributed by atoms with Crippen molar-refractivity contribution in [3.63, 3.8) is 0 Å². The van der Waals surface area contributed by atoms with Crippen molar-refractivity contribution in [1.82, 2.24) is 4.90 Å². The first-order valence-electron chi connectivity index (χ1n) is 6.80. The highest BCUT2D eigenvalue weighted by molar-refractivity contribution is 7.91. The van der Waals surface area contributed by atoms with Crippen LogP contribution in [0.1, 0.15) is 30.1 Å². The van der Waals surface area contributed by atoms with Crippen molar-refractivity contribution in [3.8, 4) is 0 Å². The van der Waals surface area contributed by atoms with E-state index in [-0.39, 0.29) is 17.1 Å². The van der Waals surface area contributed by atoms with Crippen LogP contribution >= 0.6 is 0 Å². The SMILES string of the molecule is CCCN(C(=O)c1ccc(F)cc1F)C1CCS(=O)(=O)C1. The van der Waals surface area contributed by atoms with Crippen LogP contribution in [-0.4, -0.2) is 43.3 Å². The molecule has 1 amide bonds. The second-order valence-electron chi connectivity index (χ2n) is 5.18. The molecular formula is C14H17F2NO3S. The molecular weight excluding hydrogens is 300 g/mol. The van der Waals surface area contributed by atoms with Gasteiger partial charge in [-0.15, -0.1) is 0 Å². The topological polar surface area (TPSA) is 54.5 Å². The van der Waals surface area contributed by atoms with E-state index in [1.54, 1.807) is 0 Å². The van der Waals surface area contributed by atoms with Crippen molar-refractivity contribution in [3.05, 3.63) is 35.4 Å². The van der Waals surface area contributed by atoms with Gasteiger partial charge in [0, 0.05) is 18.7 Å². The lowest BCUT2D eigenvalue weighted by Crippen LogP contribution is -2.42. The van der Waals surface area contributed by atoms with Gasteiger partial charge >= 0.3 is 0 Å². The van der Waals surface area contributed by atoms with Gasteiger partial charge in [0.2, 0.25) is 0 Å². The molecule has 0 aliphatic carbocycles. The third-order valence-corrected chi connectivity index (χ3v) is 5.29. The maximum absolute atomic E-state index is 13.7. The van der Waals surface area contributed by atoms with Crippen LogP contribution in [0.4, 0.5) is 8.78 Å². The molecule has 4 nitrogen and oxygen atoms in total. The van der Waals surface area contributed by atoms with Gasteiger partial charge in [0.25, 0.3) is 5.91 Å². The number of rotatable bonds is 4. The van der Waals surface area contributed by atoms with E-state index < -0.39 is 33.4 Å². The van der Waals surface area contributed by atoms with Crippen LogP contribution in [0.15, 0.2) is 18.2 Å². The van der Waals surface area contributed by atoms with E-state index in [0.29, 0.717) is 25.5 Å². The summed E-state index contributed by atoms with van der Waals surface area (Å²) >= 11 is 0. The third kappa shape index (κ3) is 3.58. The van der Waals surface area contributed by atoms with Gasteiger partial charge in [-0.3, -0.25) is 4.79 Å². The molecule has 116 valence electrons. The molecule has 1 heterocycles. The van der Waals surface area contributed by atoms with Crippen LogP contribution in [0.5, 0.6) is 0 Å². The highest BCUT2D eigenvalue weighted by Gasteiger charge is 2.35. The zero-order valence-corrected chi connectivity index (χ0v) is 12.5. The average Bonchev–Trinajstić information content (AvgIpc) is 2.75. The van der Waals surface area contributed by atoms with Gasteiger partial charge < -0.3 is 4.90 Å². The van der Waals surface area contributed by atoms with Gasteiger partial charge in [-0.25, -0.2) is 17.2 Å². The van der Waals surface area contributed by atoms with E-state index in [1.165, 1.54) is 4.90 Å². The molecule has 0 saturated carbocycles. The van der Waals surface area contributed by atoms with Crippen LogP contribution in [-0.2, 0) is 9.84 Å². The summed E-state index contributed by atoms with van der Waals surface area (Å²) in [5.74, 6) is -2.33. The van der Waals surface area contributed by atoms with Crippen LogP contribution in [0, 0.1) is 11.6 Å². The minimum absolute atomic E-state index is 0.0388. The van der Waals surface area contributed by atoms with Crippen molar-refractivity contribution < 1.29 is 22.0 Å². The first kappa shape index (κ1) is 15.9. The summed E-state index contributed by atoms with van der Waals surface area (Å²) in [6.45, 7) is 2.20. The summed E-state index contributed by atoms with van der Waals surface area (Å²) < 4.78 is 49.8. The number of hydrogen-bond acceptors (Lipinski definition) is 3. The molecule has 0 bridgehead atoms. The second-order valence-corrected chi connectivity index (χ2v) is 7.41. The molecule has 0 spiro atoms. The second kappa shape index (κ2) is 6.09. The van der Waals surface area contributed by atoms with Crippen molar-refractivity contribution in [2.24, 2.45) is 0 Å². The monoisotopic (exact) mass is 317 g/mol. The number of nitrogens with zero attached hydrogens (tertiary/aromatic N) is 1. The molecule has 1 aromatic rings. The number of halogens is 2. The van der Waals surface area contributed by atoms with E-state index >= 15 is 0 Å². The maximum Gasteiger partial charge on any atom is 0.257 e. The van der Waals surface area contributed by atoms with Crippen molar-refractivity contribution >= 4 is 15.7 Å². The predicted molar refractivity (Wildman–Crippen MR) is 74.7 cm³/mol. The first-order chi connectivity index (χ1) is 9.84. The maximum atomic E-state index is 13.7. The Morgan fingerprint density at radius 3 is 2.62 bits per heavy atom. The van der Waals surface area contributed by atoms with Gasteiger partial charge in [-0.2, -0.15) is 0 Å². The molecule has 1 aliphatic heterocycles. The predicted octanol–water partition coefficient (Wildman–Crippen LogP) is 2.00. The lowest BCUT2D eigenvalue weighted by molar-refractivity contribution is 0.0692. The summed E-state index contributed by atoms with van der Waals surface area (Å²) in [6, 6.07) is 2.33. The molecule has 1 saturated heterocycles. The smallest absolute Gasteiger partial charge is 0.257 e. The summed E-state index contributed by atoms with van der Waals surface area (Å²) in [6.07, 6.45) is 0.988. The number of amides is 1. The normalized spacial score (nSPS) is 20.4. The highest BCUT2D eigenvalue weighted by atomic mass is 32.2. The summed E-state index contributed by atoms with van der Waals surface area (Å²) in [5, 5.41) is 0. The van der Waals surface area contributed by atoms with Gasteiger partial charge in [-0.1, -0.05) is 6.92 Å². The molecule has 2 rings (SSSR count). The van der Waals surface area contributed by atoms with Crippen LogP contribution < -0.4 is 0 Å². The van der Waals surface area contributed by atoms with E-state index in [1.807, 2.05) is 6.92 Å². The lowest BCUT2D eigenvalue weighted by atomic mass is 10.1. The Labute approximate surface area is 122 Å². The van der Waals surface area contributed by atoms with E-state index in [0.717, 1.165) is 12.1 Å². The van der Waals surface area contributed by atoms with Crippen LogP contribution in [0.3, 0.4) is 0 Å². The molecule has 1 aromatic carbocycles. The Morgan fingerprint density at radius 2 is 2.10 bits per heavy atom. The number of benzene rings is 1. The molecule has 0 N–H and O–H groups in total. The van der Waals surface area contributed by atoms with Gasteiger partial charge in [0.05, 0.1) is 17.1 Å². The fourth-order valence-corrected chi connectivity index (χ4v) is 4.26. The van der Waals surface area contributed by atoms with Crippen molar-refractivity contribution in [1.29, 1.82) is 0 Å². The largest absolute Gasteiger partial charge is 0.335 e. The fraction of sp³-hybridized carbons (Fsp3) is 0.500. The number of hydrogen-bond donors (Lipinski definition) is 0. The zero-order valence-electron chi connectivity index (χ0n) is 11.7. The molecule has 1 aliphatic rings. The van der Waals surface area contributed by atoms with E-state index in [2.05, 4.69) is 0 Å². The van der Waals surface area contributed by atoms with Crippen molar-refractivity contribution in [2.75, 3.05) is 18.1 Å². The standard InChI is InChI=1S/C14H17F2NO3S/c1-2-6-17(11-5-7-21(19,20)9-11)14(18)12-4-3-10(15)8-13(12)16/h3-4,8,11H,2,5-7,9H2,1H3. The number of carbonyl (C=O) groups excluding carboxylic acids is 1. The Hall–Kier alpha value is -1.50. The van der Waals surface area contributed by atoms with Gasteiger partial charge in [-0.05, 0) is 25.0 Å². The fourth-order valence-electron chi connectivity index (χ4n) is 2.53. The molecule has 1 atom stereocenters. The van der Waals surface area contributed by atoms with Crippen molar-refractivity contribution in [2.45, 2.75) is 25.8 Å². The molecule has 1 unspecified atom stereocenters. The average molecular weight is 317 g/mol. The van der Waals surface area contributed by atoms with Gasteiger partial charge in [0.15, 0.2) is 9.84 Å². The molecule has 0 aromatic heterocycles. The molecule has 7 heteroatoms. The van der Waals surface area contributed by atoms with E-state index in [9.17, 15) is 22.0 Å². The molecule has 21 heavy (non-hydrogen) atoms. The van der Waals surface area contributed by atoms with Crippen LogP contribution in [0.25, 0.3) is 0 Å². The Morgan fingerprint density at radius 1 is 1.38 bits per heavy atom. The summed E-state index contributed by atoms with van der Waals surface area (Å²) in [7, 11) is -3.14. The first-order valence-corrected chi connectivity index (χ1v) is 8.62. The third-order valence-electron chi connectivity index (χ3n) is 3.54. The van der Waals surface area contributed by atoms with Crippen LogP contribution in [0.2, 0.25) is 0 Å². The molecule has 0 radical (unpaired) electrons. The Balaban J connectivity index is 2.27. The summed E-state index contributed by atoms with van der Waals surface area (Å²) in [5.41, 5.74) is -0.228. The Kier molecular flexibility index (Phi) is 4.61. The lowest BCUT2D eigenvalue weighted by Gasteiger charge is -2.28. The van der Waals surface area contributed by atoms with E-state index in [4.69, 9.17) is 0 Å². The minimum Gasteiger partial charge on any atom is -0.335 e. The van der Waals surface area contributed by atoms with Gasteiger partial charge in [0.1, 0.15) is 11.6 Å².